The number of methoxy groups -OCH3 is 1. The SMILES string of the molecule is COc1cccc(C2Oc3ccccc3C2CC(=O)O)c1. The van der Waals surface area contributed by atoms with Crippen LogP contribution in [0.2, 0.25) is 0 Å². The monoisotopic (exact) mass is 284 g/mol. The molecule has 0 fully saturated rings. The van der Waals surface area contributed by atoms with E-state index in [9.17, 15) is 9.90 Å². The van der Waals surface area contributed by atoms with Crippen LogP contribution in [-0.4, -0.2) is 18.2 Å². The van der Waals surface area contributed by atoms with E-state index < -0.39 is 5.97 Å². The molecule has 0 amide bonds. The summed E-state index contributed by atoms with van der Waals surface area (Å²) >= 11 is 0. The number of carboxylic acid groups (broad SMARTS) is 1. The van der Waals surface area contributed by atoms with Gasteiger partial charge in [0.1, 0.15) is 17.6 Å². The molecule has 0 radical (unpaired) electrons. The summed E-state index contributed by atoms with van der Waals surface area (Å²) < 4.78 is 11.2. The molecule has 0 aliphatic carbocycles. The van der Waals surface area contributed by atoms with Crippen molar-refractivity contribution in [3.05, 3.63) is 59.7 Å². The van der Waals surface area contributed by atoms with Crippen molar-refractivity contribution in [2.45, 2.75) is 18.4 Å². The number of rotatable bonds is 4. The van der Waals surface area contributed by atoms with Gasteiger partial charge in [0.25, 0.3) is 0 Å². The van der Waals surface area contributed by atoms with Gasteiger partial charge in [0, 0.05) is 11.5 Å². The first-order valence-corrected chi connectivity index (χ1v) is 6.80. The Hall–Kier alpha value is -2.49. The van der Waals surface area contributed by atoms with Crippen LogP contribution in [0.3, 0.4) is 0 Å². The average molecular weight is 284 g/mol. The van der Waals surface area contributed by atoms with E-state index in [1.54, 1.807) is 7.11 Å². The molecule has 4 nitrogen and oxygen atoms in total. The predicted molar refractivity (Wildman–Crippen MR) is 77.8 cm³/mol. The molecular weight excluding hydrogens is 268 g/mol. The van der Waals surface area contributed by atoms with E-state index >= 15 is 0 Å². The number of aliphatic carboxylic acids is 1. The number of ether oxygens (including phenoxy) is 2. The maximum atomic E-state index is 11.2. The molecule has 1 heterocycles. The smallest absolute Gasteiger partial charge is 0.304 e. The highest BCUT2D eigenvalue weighted by molar-refractivity contribution is 5.69. The Kier molecular flexibility index (Phi) is 3.52. The highest BCUT2D eigenvalue weighted by atomic mass is 16.5. The number of carboxylic acids is 1. The molecule has 3 rings (SSSR count). The van der Waals surface area contributed by atoms with Gasteiger partial charge in [0.15, 0.2) is 0 Å². The summed E-state index contributed by atoms with van der Waals surface area (Å²) in [6.07, 6.45) is -0.257. The molecule has 1 N–H and O–H groups in total. The Bertz CT molecular complexity index is 665. The highest BCUT2D eigenvalue weighted by Gasteiger charge is 2.36. The Morgan fingerprint density at radius 1 is 1.24 bits per heavy atom. The molecule has 0 aromatic heterocycles. The molecule has 108 valence electrons. The second kappa shape index (κ2) is 5.48. The van der Waals surface area contributed by atoms with Gasteiger partial charge in [-0.3, -0.25) is 4.79 Å². The molecule has 1 aliphatic heterocycles. The fourth-order valence-electron chi connectivity index (χ4n) is 2.80. The first-order valence-electron chi connectivity index (χ1n) is 6.80. The van der Waals surface area contributed by atoms with Crippen LogP contribution in [0.4, 0.5) is 0 Å². The number of hydrogen-bond donors (Lipinski definition) is 1. The zero-order valence-corrected chi connectivity index (χ0v) is 11.7. The molecule has 2 atom stereocenters. The zero-order valence-electron chi connectivity index (χ0n) is 11.7. The van der Waals surface area contributed by atoms with Crippen LogP contribution in [-0.2, 0) is 4.79 Å². The van der Waals surface area contributed by atoms with Crippen LogP contribution >= 0.6 is 0 Å². The van der Waals surface area contributed by atoms with Crippen LogP contribution in [0.1, 0.15) is 29.6 Å². The van der Waals surface area contributed by atoms with E-state index in [0.717, 1.165) is 22.6 Å². The van der Waals surface area contributed by atoms with E-state index in [1.807, 2.05) is 48.5 Å². The summed E-state index contributed by atoms with van der Waals surface area (Å²) in [5, 5.41) is 9.18. The van der Waals surface area contributed by atoms with Crippen molar-refractivity contribution >= 4 is 5.97 Å². The lowest BCUT2D eigenvalue weighted by Crippen LogP contribution is -2.13. The average Bonchev–Trinajstić information content (AvgIpc) is 2.86. The molecule has 0 bridgehead atoms. The normalized spacial score (nSPS) is 19.7. The van der Waals surface area contributed by atoms with Crippen LogP contribution in [0, 0.1) is 0 Å². The van der Waals surface area contributed by atoms with Crippen LogP contribution in [0.15, 0.2) is 48.5 Å². The lowest BCUT2D eigenvalue weighted by atomic mass is 9.88. The minimum atomic E-state index is -0.826. The summed E-state index contributed by atoms with van der Waals surface area (Å²) in [5.74, 6) is 0.483. The van der Waals surface area contributed by atoms with Crippen LogP contribution in [0.5, 0.6) is 11.5 Å². The first kappa shape index (κ1) is 13.5. The van der Waals surface area contributed by atoms with Crippen molar-refractivity contribution in [1.82, 2.24) is 0 Å². The van der Waals surface area contributed by atoms with Crippen molar-refractivity contribution in [2.24, 2.45) is 0 Å². The topological polar surface area (TPSA) is 55.8 Å². The van der Waals surface area contributed by atoms with E-state index in [1.165, 1.54) is 0 Å². The summed E-state index contributed by atoms with van der Waals surface area (Å²) in [6, 6.07) is 15.2. The van der Waals surface area contributed by atoms with E-state index in [-0.39, 0.29) is 18.4 Å². The largest absolute Gasteiger partial charge is 0.497 e. The molecule has 0 saturated carbocycles. The van der Waals surface area contributed by atoms with Gasteiger partial charge in [-0.05, 0) is 23.8 Å². The summed E-state index contributed by atoms with van der Waals surface area (Å²) in [6.45, 7) is 0. The van der Waals surface area contributed by atoms with Crippen molar-refractivity contribution in [3.8, 4) is 11.5 Å². The quantitative estimate of drug-likeness (QED) is 0.935. The second-order valence-electron chi connectivity index (χ2n) is 5.06. The molecule has 21 heavy (non-hydrogen) atoms. The number of carbonyl (C=O) groups is 1. The minimum absolute atomic E-state index is 0.0406. The Morgan fingerprint density at radius 2 is 2.05 bits per heavy atom. The maximum Gasteiger partial charge on any atom is 0.304 e. The number of para-hydroxylation sites is 1. The van der Waals surface area contributed by atoms with Gasteiger partial charge in [-0.15, -0.1) is 0 Å². The Labute approximate surface area is 122 Å². The van der Waals surface area contributed by atoms with Crippen molar-refractivity contribution < 1.29 is 19.4 Å². The second-order valence-corrected chi connectivity index (χ2v) is 5.06. The fraction of sp³-hybridized carbons (Fsp3) is 0.235. The van der Waals surface area contributed by atoms with Crippen molar-refractivity contribution in [1.29, 1.82) is 0 Å². The van der Waals surface area contributed by atoms with Gasteiger partial charge in [0.05, 0.1) is 13.5 Å². The van der Waals surface area contributed by atoms with Gasteiger partial charge < -0.3 is 14.6 Å². The number of hydrogen-bond acceptors (Lipinski definition) is 3. The molecule has 1 aliphatic rings. The number of fused-ring (bicyclic) bond motifs is 1. The third-order valence-electron chi connectivity index (χ3n) is 3.75. The molecule has 2 aromatic rings. The number of benzene rings is 2. The summed E-state index contributed by atoms with van der Waals surface area (Å²) in [5.41, 5.74) is 1.88. The van der Waals surface area contributed by atoms with Gasteiger partial charge in [-0.1, -0.05) is 30.3 Å². The van der Waals surface area contributed by atoms with Gasteiger partial charge >= 0.3 is 5.97 Å². The third-order valence-corrected chi connectivity index (χ3v) is 3.75. The van der Waals surface area contributed by atoms with Crippen LogP contribution in [0.25, 0.3) is 0 Å². The molecule has 4 heteroatoms. The Balaban J connectivity index is 1.99. The van der Waals surface area contributed by atoms with E-state index in [4.69, 9.17) is 9.47 Å². The lowest BCUT2D eigenvalue weighted by Gasteiger charge is -2.18. The first-order chi connectivity index (χ1) is 10.2. The minimum Gasteiger partial charge on any atom is -0.497 e. The maximum absolute atomic E-state index is 11.2. The molecule has 2 aromatic carbocycles. The fourth-order valence-corrected chi connectivity index (χ4v) is 2.80. The van der Waals surface area contributed by atoms with Gasteiger partial charge in [0.2, 0.25) is 0 Å². The molecular formula is C17H16O4. The summed E-state index contributed by atoms with van der Waals surface area (Å²) in [7, 11) is 1.61. The van der Waals surface area contributed by atoms with Crippen molar-refractivity contribution in [3.63, 3.8) is 0 Å². The van der Waals surface area contributed by atoms with E-state index in [2.05, 4.69) is 0 Å². The standard InChI is InChI=1S/C17H16O4/c1-20-12-6-4-5-11(9-12)17-14(10-16(18)19)13-7-2-3-8-15(13)21-17/h2-9,14,17H,10H2,1H3,(H,18,19). The van der Waals surface area contributed by atoms with Crippen molar-refractivity contribution in [2.75, 3.05) is 7.11 Å². The predicted octanol–water partition coefficient (Wildman–Crippen LogP) is 3.39. The zero-order chi connectivity index (χ0) is 14.8. The molecule has 0 spiro atoms. The van der Waals surface area contributed by atoms with Gasteiger partial charge in [-0.2, -0.15) is 0 Å². The molecule has 2 unspecified atom stereocenters. The summed E-state index contributed by atoms with van der Waals surface area (Å²) in [4.78, 5) is 11.2. The van der Waals surface area contributed by atoms with E-state index in [0.29, 0.717) is 0 Å². The molecule has 0 saturated heterocycles. The highest BCUT2D eigenvalue weighted by Crippen LogP contribution is 2.47. The Morgan fingerprint density at radius 3 is 2.81 bits per heavy atom. The third kappa shape index (κ3) is 2.57. The van der Waals surface area contributed by atoms with Crippen LogP contribution < -0.4 is 9.47 Å². The van der Waals surface area contributed by atoms with Gasteiger partial charge in [-0.25, -0.2) is 0 Å². The lowest BCUT2D eigenvalue weighted by molar-refractivity contribution is -0.137.